The highest BCUT2D eigenvalue weighted by molar-refractivity contribution is 7.98. The van der Waals surface area contributed by atoms with E-state index in [1.165, 1.54) is 25.1 Å². The topological polar surface area (TPSA) is 113 Å². The third kappa shape index (κ3) is 2.98. The van der Waals surface area contributed by atoms with Crippen molar-refractivity contribution >= 4 is 45.6 Å². The number of halogens is 1. The van der Waals surface area contributed by atoms with E-state index in [9.17, 15) is 14.1 Å². The molecule has 0 bridgehead atoms. The summed E-state index contributed by atoms with van der Waals surface area (Å²) in [5.74, 6) is -1.56. The molecule has 2 N–H and O–H groups in total. The molecule has 9 nitrogen and oxygen atoms in total. The molecule has 2 aliphatic rings. The number of amides is 1. The molecule has 1 saturated heterocycles. The Balaban J connectivity index is 1.57. The van der Waals surface area contributed by atoms with E-state index in [1.807, 2.05) is 0 Å². The number of anilines is 1. The maximum absolute atomic E-state index is 15.2. The maximum Gasteiger partial charge on any atom is 0.253 e. The molecule has 28 heavy (non-hydrogen) atoms. The lowest BCUT2D eigenvalue weighted by Crippen LogP contribution is -2.23. The first-order valence-corrected chi connectivity index (χ1v) is 10.3. The van der Waals surface area contributed by atoms with Gasteiger partial charge in [0.25, 0.3) is 5.91 Å². The van der Waals surface area contributed by atoms with Crippen LogP contribution in [0.2, 0.25) is 0 Å². The van der Waals surface area contributed by atoms with Crippen LogP contribution in [0.5, 0.6) is 5.75 Å². The number of phenols is 1. The standard InChI is InChI=1S/C16H13FN6O3S2/c17-13-14-8(3-11(24)15(13)22-7-12(25)21-28(22)26)4-18-16(20-14)9-5-19-23(6-9)27-10-1-2-10/h3-6,10,24H,1-2,7H2,(H,21,25). The van der Waals surface area contributed by atoms with Crippen molar-refractivity contribution in [3.63, 3.8) is 0 Å². The second-order valence-electron chi connectivity index (χ2n) is 6.44. The van der Waals surface area contributed by atoms with Crippen LogP contribution in [0.25, 0.3) is 22.3 Å². The van der Waals surface area contributed by atoms with Gasteiger partial charge >= 0.3 is 0 Å². The summed E-state index contributed by atoms with van der Waals surface area (Å²) >= 11 is -0.352. The fourth-order valence-corrected chi connectivity index (χ4v) is 4.70. The summed E-state index contributed by atoms with van der Waals surface area (Å²) in [6, 6.07) is 1.28. The van der Waals surface area contributed by atoms with Crippen molar-refractivity contribution in [3.05, 3.63) is 30.5 Å². The van der Waals surface area contributed by atoms with Gasteiger partial charge in [0.1, 0.15) is 23.5 Å². The van der Waals surface area contributed by atoms with Gasteiger partial charge in [0.15, 0.2) is 11.6 Å². The van der Waals surface area contributed by atoms with Crippen LogP contribution < -0.4 is 9.03 Å². The van der Waals surface area contributed by atoms with Gasteiger partial charge in [0.05, 0.1) is 11.8 Å². The van der Waals surface area contributed by atoms with Gasteiger partial charge in [-0.25, -0.2) is 22.7 Å². The van der Waals surface area contributed by atoms with Crippen molar-refractivity contribution in [1.29, 1.82) is 0 Å². The average molecular weight is 420 g/mol. The van der Waals surface area contributed by atoms with E-state index in [1.54, 1.807) is 28.4 Å². The number of phenolic OH excluding ortho intramolecular Hbond substituents is 1. The van der Waals surface area contributed by atoms with Gasteiger partial charge in [-0.15, -0.1) is 0 Å². The molecule has 5 rings (SSSR count). The number of aromatic hydroxyl groups is 1. The van der Waals surface area contributed by atoms with Crippen LogP contribution in [0.15, 0.2) is 24.7 Å². The Bertz CT molecular complexity index is 1150. The largest absolute Gasteiger partial charge is 0.506 e. The van der Waals surface area contributed by atoms with Crippen LogP contribution in [0, 0.1) is 5.82 Å². The fourth-order valence-electron chi connectivity index (χ4n) is 2.83. The van der Waals surface area contributed by atoms with Gasteiger partial charge < -0.3 is 5.11 Å². The smallest absolute Gasteiger partial charge is 0.253 e. The van der Waals surface area contributed by atoms with E-state index in [4.69, 9.17) is 0 Å². The molecule has 1 atom stereocenters. The summed E-state index contributed by atoms with van der Waals surface area (Å²) in [6.45, 7) is -0.328. The minimum atomic E-state index is -1.97. The number of rotatable bonds is 4. The van der Waals surface area contributed by atoms with E-state index < -0.39 is 28.6 Å². The molecule has 0 radical (unpaired) electrons. The van der Waals surface area contributed by atoms with Crippen LogP contribution in [-0.2, 0) is 16.0 Å². The Labute approximate surface area is 164 Å². The first-order chi connectivity index (χ1) is 13.5. The van der Waals surface area contributed by atoms with Crippen molar-refractivity contribution in [2.75, 3.05) is 10.8 Å². The van der Waals surface area contributed by atoms with Gasteiger partial charge in [-0.1, -0.05) is 0 Å². The highest BCUT2D eigenvalue weighted by Crippen LogP contribution is 2.38. The number of aromatic nitrogens is 4. The monoisotopic (exact) mass is 420 g/mol. The number of carbonyl (C=O) groups is 1. The zero-order valence-corrected chi connectivity index (χ0v) is 15.8. The molecule has 144 valence electrons. The van der Waals surface area contributed by atoms with Gasteiger partial charge in [-0.2, -0.15) is 5.10 Å². The maximum atomic E-state index is 15.2. The van der Waals surface area contributed by atoms with Crippen LogP contribution in [0.3, 0.4) is 0 Å². The second kappa shape index (κ2) is 6.41. The molecule has 1 saturated carbocycles. The Morgan fingerprint density at radius 2 is 2.18 bits per heavy atom. The summed E-state index contributed by atoms with van der Waals surface area (Å²) in [4.78, 5) is 20.0. The van der Waals surface area contributed by atoms with Crippen LogP contribution in [0.4, 0.5) is 10.1 Å². The first-order valence-electron chi connectivity index (χ1n) is 8.39. The van der Waals surface area contributed by atoms with Gasteiger partial charge in [0.2, 0.25) is 11.2 Å². The number of nitrogens with one attached hydrogen (secondary N) is 1. The van der Waals surface area contributed by atoms with Crippen LogP contribution >= 0.6 is 11.9 Å². The number of fused-ring (bicyclic) bond motifs is 1. The SMILES string of the molecule is O=C1CN(c2c(O)cc3cnc(-c4cnn(SC5CC5)c4)nc3c2F)S(=O)N1. The number of nitrogens with zero attached hydrogens (tertiary/aromatic N) is 5. The zero-order valence-electron chi connectivity index (χ0n) is 14.2. The van der Waals surface area contributed by atoms with E-state index in [2.05, 4.69) is 19.8 Å². The van der Waals surface area contributed by atoms with Gasteiger partial charge in [0, 0.05) is 23.0 Å². The van der Waals surface area contributed by atoms with Crippen molar-refractivity contribution in [1.82, 2.24) is 23.9 Å². The Kier molecular flexibility index (Phi) is 3.98. The Morgan fingerprint density at radius 3 is 2.89 bits per heavy atom. The molecule has 1 aliphatic carbocycles. The summed E-state index contributed by atoms with van der Waals surface area (Å²) in [6.07, 6.45) is 7.12. The molecule has 1 unspecified atom stereocenters. The number of carbonyl (C=O) groups excluding carboxylic acids is 1. The van der Waals surface area contributed by atoms with Gasteiger partial charge in [-0.05, 0) is 30.9 Å². The van der Waals surface area contributed by atoms with E-state index in [0.29, 0.717) is 10.8 Å². The molecular formula is C16H13FN6O3S2. The molecular weight excluding hydrogens is 407 g/mol. The normalized spacial score (nSPS) is 19.4. The summed E-state index contributed by atoms with van der Waals surface area (Å²) in [5.41, 5.74) is 0.247. The van der Waals surface area contributed by atoms with Crippen LogP contribution in [0.1, 0.15) is 12.8 Å². The Morgan fingerprint density at radius 1 is 1.36 bits per heavy atom. The van der Waals surface area contributed by atoms with Crippen molar-refractivity contribution < 1.29 is 18.5 Å². The molecule has 2 aromatic heterocycles. The third-order valence-corrected chi connectivity index (χ3v) is 6.60. The molecule has 1 amide bonds. The summed E-state index contributed by atoms with van der Waals surface area (Å²) in [5, 5.41) is 15.3. The second-order valence-corrected chi connectivity index (χ2v) is 8.83. The highest BCUT2D eigenvalue weighted by Gasteiger charge is 2.32. The van der Waals surface area contributed by atoms with E-state index in [0.717, 1.165) is 4.31 Å². The molecule has 3 heterocycles. The number of benzene rings is 1. The molecule has 2 fully saturated rings. The summed E-state index contributed by atoms with van der Waals surface area (Å²) in [7, 11) is 0. The van der Waals surface area contributed by atoms with Crippen molar-refractivity contribution in [2.45, 2.75) is 18.1 Å². The molecule has 3 aromatic rings. The van der Waals surface area contributed by atoms with E-state index >= 15 is 4.39 Å². The quantitative estimate of drug-likeness (QED) is 0.658. The molecule has 1 aliphatic heterocycles. The highest BCUT2D eigenvalue weighted by atomic mass is 32.2. The van der Waals surface area contributed by atoms with E-state index in [-0.39, 0.29) is 29.0 Å². The molecule has 0 spiro atoms. The zero-order chi connectivity index (χ0) is 19.4. The predicted molar refractivity (Wildman–Crippen MR) is 102 cm³/mol. The van der Waals surface area contributed by atoms with Crippen LogP contribution in [-0.4, -0.2) is 46.2 Å². The summed E-state index contributed by atoms with van der Waals surface area (Å²) < 4.78 is 32.0. The number of hydrogen-bond donors (Lipinski definition) is 2. The minimum Gasteiger partial charge on any atom is -0.506 e. The van der Waals surface area contributed by atoms with Crippen molar-refractivity contribution in [3.8, 4) is 17.1 Å². The predicted octanol–water partition coefficient (Wildman–Crippen LogP) is 1.51. The lowest BCUT2D eigenvalue weighted by atomic mass is 10.2. The lowest BCUT2D eigenvalue weighted by Gasteiger charge is -2.17. The minimum absolute atomic E-state index is 0.0447. The van der Waals surface area contributed by atoms with Gasteiger partial charge in [-0.3, -0.25) is 13.8 Å². The molecule has 12 heteroatoms. The molecule has 1 aromatic carbocycles. The first kappa shape index (κ1) is 17.4. The Hall–Kier alpha value is -2.73. The lowest BCUT2D eigenvalue weighted by molar-refractivity contribution is -0.117. The number of hydrogen-bond acceptors (Lipinski definition) is 7. The average Bonchev–Trinajstić information content (AvgIpc) is 3.24. The van der Waals surface area contributed by atoms with Crippen molar-refractivity contribution in [2.24, 2.45) is 0 Å². The third-order valence-electron chi connectivity index (χ3n) is 4.31. The fraction of sp³-hybridized carbons (Fsp3) is 0.250.